The van der Waals surface area contributed by atoms with Crippen LogP contribution in [0.15, 0.2) is 18.2 Å². The first-order chi connectivity index (χ1) is 9.91. The molecule has 21 heavy (non-hydrogen) atoms. The van der Waals surface area contributed by atoms with Crippen LogP contribution in [-0.4, -0.2) is 51.6 Å². The first-order valence-corrected chi connectivity index (χ1v) is 6.36. The maximum absolute atomic E-state index is 12.3. The van der Waals surface area contributed by atoms with E-state index in [1.165, 1.54) is 17.0 Å². The highest BCUT2D eigenvalue weighted by Gasteiger charge is 2.51. The molecule has 0 radical (unpaired) electrons. The predicted octanol–water partition coefficient (Wildman–Crippen LogP) is -0.478. The molecule has 0 aromatic heterocycles. The molecule has 4 amide bonds. The summed E-state index contributed by atoms with van der Waals surface area (Å²) >= 11 is 0. The van der Waals surface area contributed by atoms with Gasteiger partial charge in [0.25, 0.3) is 11.8 Å². The van der Waals surface area contributed by atoms with Crippen molar-refractivity contribution >= 4 is 17.8 Å². The molecular formula is C13H13N3O5. The molecule has 4 N–H and O–H groups in total. The summed E-state index contributed by atoms with van der Waals surface area (Å²) < 4.78 is 0. The Labute approximate surface area is 119 Å². The molecule has 2 heterocycles. The van der Waals surface area contributed by atoms with Gasteiger partial charge in [-0.05, 0) is 18.6 Å². The van der Waals surface area contributed by atoms with Crippen LogP contribution in [0.2, 0.25) is 0 Å². The number of carbonyl (C=O) groups excluding carboxylic acids is 3. The summed E-state index contributed by atoms with van der Waals surface area (Å²) in [5.74, 6) is -1.39. The second-order valence-electron chi connectivity index (χ2n) is 5.17. The van der Waals surface area contributed by atoms with E-state index < -0.39 is 23.4 Å². The fourth-order valence-corrected chi connectivity index (χ4v) is 2.67. The van der Waals surface area contributed by atoms with E-state index >= 15 is 0 Å². The van der Waals surface area contributed by atoms with E-state index in [1.807, 2.05) is 0 Å². The number of rotatable bonds is 1. The molecular weight excluding hydrogens is 278 g/mol. The van der Waals surface area contributed by atoms with Crippen molar-refractivity contribution < 1.29 is 24.6 Å². The molecule has 1 aromatic rings. The normalized spacial score (nSPS) is 24.3. The van der Waals surface area contributed by atoms with E-state index in [1.54, 1.807) is 0 Å². The fraction of sp³-hybridized carbons (Fsp3) is 0.308. The topological polar surface area (TPSA) is 119 Å². The summed E-state index contributed by atoms with van der Waals surface area (Å²) in [6.45, 7) is 0.330. The summed E-state index contributed by atoms with van der Waals surface area (Å²) in [4.78, 5) is 36.8. The molecule has 1 unspecified atom stereocenters. The Bertz CT molecular complexity index is 659. The maximum atomic E-state index is 12.3. The Balaban J connectivity index is 1.82. The van der Waals surface area contributed by atoms with E-state index in [9.17, 15) is 24.6 Å². The molecule has 3 rings (SSSR count). The summed E-state index contributed by atoms with van der Waals surface area (Å²) in [5.41, 5.74) is -1.05. The van der Waals surface area contributed by atoms with Gasteiger partial charge in [0, 0.05) is 12.6 Å². The van der Waals surface area contributed by atoms with Crippen LogP contribution >= 0.6 is 0 Å². The minimum Gasteiger partial charge on any atom is -0.508 e. The standard InChI is InChI=1S/C13H13N3O5/c17-7-1-2-8(9(18)5-7)10(19)16-4-3-13(6-16)11(20)14-12(21)15-13/h1-2,5,17-18H,3-4,6H2,(H2,14,15,20,21). The van der Waals surface area contributed by atoms with Crippen LogP contribution in [0.5, 0.6) is 11.5 Å². The van der Waals surface area contributed by atoms with Gasteiger partial charge in [-0.3, -0.25) is 14.9 Å². The van der Waals surface area contributed by atoms with Crippen LogP contribution in [0.3, 0.4) is 0 Å². The van der Waals surface area contributed by atoms with E-state index in [4.69, 9.17) is 0 Å². The number of hydrogen-bond donors (Lipinski definition) is 4. The number of aromatic hydroxyl groups is 2. The first kappa shape index (κ1) is 13.2. The quantitative estimate of drug-likeness (QED) is 0.521. The average molecular weight is 291 g/mol. The Kier molecular flexibility index (Phi) is 2.75. The Hall–Kier alpha value is -2.77. The molecule has 8 heteroatoms. The number of carbonyl (C=O) groups is 3. The minimum absolute atomic E-state index is 0.0366. The van der Waals surface area contributed by atoms with Gasteiger partial charge in [0.2, 0.25) is 0 Å². The monoisotopic (exact) mass is 291 g/mol. The number of amides is 4. The SMILES string of the molecule is O=C1NC(=O)C2(CCN(C(=O)c3ccc(O)cc3O)C2)N1. The molecule has 1 aromatic carbocycles. The zero-order chi connectivity index (χ0) is 15.2. The summed E-state index contributed by atoms with van der Waals surface area (Å²) in [6, 6.07) is 3.11. The van der Waals surface area contributed by atoms with Crippen LogP contribution in [-0.2, 0) is 4.79 Å². The number of phenolic OH excluding ortho intramolecular Hbond substituents is 2. The Morgan fingerprint density at radius 3 is 2.67 bits per heavy atom. The van der Waals surface area contributed by atoms with Crippen molar-refractivity contribution in [2.45, 2.75) is 12.0 Å². The van der Waals surface area contributed by atoms with Crippen molar-refractivity contribution in [3.63, 3.8) is 0 Å². The van der Waals surface area contributed by atoms with Gasteiger partial charge in [0.15, 0.2) is 0 Å². The minimum atomic E-state index is -1.08. The number of benzene rings is 1. The number of urea groups is 1. The van der Waals surface area contributed by atoms with Crippen LogP contribution < -0.4 is 10.6 Å². The molecule has 0 aliphatic carbocycles. The largest absolute Gasteiger partial charge is 0.508 e. The van der Waals surface area contributed by atoms with E-state index in [2.05, 4.69) is 10.6 Å². The fourth-order valence-electron chi connectivity index (χ4n) is 2.67. The third kappa shape index (κ3) is 2.04. The van der Waals surface area contributed by atoms with Crippen molar-refractivity contribution in [3.8, 4) is 11.5 Å². The average Bonchev–Trinajstić information content (AvgIpc) is 2.94. The first-order valence-electron chi connectivity index (χ1n) is 6.36. The number of phenols is 2. The molecule has 0 bridgehead atoms. The Morgan fingerprint density at radius 2 is 2.05 bits per heavy atom. The third-order valence-electron chi connectivity index (χ3n) is 3.78. The van der Waals surface area contributed by atoms with Gasteiger partial charge in [-0.15, -0.1) is 0 Å². The lowest BCUT2D eigenvalue weighted by Crippen LogP contribution is -2.49. The number of nitrogens with zero attached hydrogens (tertiary/aromatic N) is 1. The van der Waals surface area contributed by atoms with Gasteiger partial charge in [0.1, 0.15) is 17.0 Å². The highest BCUT2D eigenvalue weighted by molar-refractivity contribution is 6.08. The van der Waals surface area contributed by atoms with Gasteiger partial charge in [0.05, 0.1) is 12.1 Å². The molecule has 0 saturated carbocycles. The molecule has 2 saturated heterocycles. The van der Waals surface area contributed by atoms with E-state index in [0.29, 0.717) is 6.42 Å². The smallest absolute Gasteiger partial charge is 0.322 e. The van der Waals surface area contributed by atoms with Gasteiger partial charge in [-0.25, -0.2) is 4.79 Å². The van der Waals surface area contributed by atoms with Crippen molar-refractivity contribution in [3.05, 3.63) is 23.8 Å². The van der Waals surface area contributed by atoms with E-state index in [0.717, 1.165) is 6.07 Å². The van der Waals surface area contributed by atoms with Gasteiger partial charge in [-0.2, -0.15) is 0 Å². The summed E-state index contributed by atoms with van der Waals surface area (Å²) in [7, 11) is 0. The van der Waals surface area contributed by atoms with E-state index in [-0.39, 0.29) is 30.2 Å². The van der Waals surface area contributed by atoms with Crippen LogP contribution in [0.25, 0.3) is 0 Å². The Morgan fingerprint density at radius 1 is 1.29 bits per heavy atom. The number of imide groups is 1. The lowest BCUT2D eigenvalue weighted by molar-refractivity contribution is -0.123. The molecule has 2 aliphatic heterocycles. The maximum Gasteiger partial charge on any atom is 0.322 e. The van der Waals surface area contributed by atoms with Crippen LogP contribution in [0, 0.1) is 0 Å². The van der Waals surface area contributed by atoms with Crippen molar-refractivity contribution in [2.24, 2.45) is 0 Å². The van der Waals surface area contributed by atoms with Crippen molar-refractivity contribution in [1.29, 1.82) is 0 Å². The molecule has 2 aliphatic rings. The van der Waals surface area contributed by atoms with Crippen LogP contribution in [0.1, 0.15) is 16.8 Å². The molecule has 8 nitrogen and oxygen atoms in total. The predicted molar refractivity (Wildman–Crippen MR) is 69.7 cm³/mol. The van der Waals surface area contributed by atoms with Gasteiger partial charge < -0.3 is 20.4 Å². The third-order valence-corrected chi connectivity index (χ3v) is 3.78. The molecule has 2 fully saturated rings. The van der Waals surface area contributed by atoms with Gasteiger partial charge in [-0.1, -0.05) is 0 Å². The van der Waals surface area contributed by atoms with Crippen molar-refractivity contribution in [2.75, 3.05) is 13.1 Å². The number of nitrogens with one attached hydrogen (secondary N) is 2. The highest BCUT2D eigenvalue weighted by atomic mass is 16.3. The summed E-state index contributed by atoms with van der Waals surface area (Å²) in [5, 5.41) is 23.6. The zero-order valence-corrected chi connectivity index (χ0v) is 10.9. The second-order valence-corrected chi connectivity index (χ2v) is 5.17. The lowest BCUT2D eigenvalue weighted by atomic mass is 9.99. The number of hydrogen-bond acceptors (Lipinski definition) is 5. The lowest BCUT2D eigenvalue weighted by Gasteiger charge is -2.21. The molecule has 110 valence electrons. The van der Waals surface area contributed by atoms with Gasteiger partial charge >= 0.3 is 6.03 Å². The second kappa shape index (κ2) is 4.37. The van der Waals surface area contributed by atoms with Crippen molar-refractivity contribution in [1.82, 2.24) is 15.5 Å². The highest BCUT2D eigenvalue weighted by Crippen LogP contribution is 2.29. The molecule has 1 spiro atoms. The summed E-state index contributed by atoms with van der Waals surface area (Å²) in [6.07, 6.45) is 0.315. The zero-order valence-electron chi connectivity index (χ0n) is 10.9. The van der Waals surface area contributed by atoms with Crippen LogP contribution in [0.4, 0.5) is 4.79 Å². The number of likely N-dealkylation sites (tertiary alicyclic amines) is 1. The molecule has 1 atom stereocenters.